The third kappa shape index (κ3) is 3.32. The Balaban J connectivity index is 1.55. The van der Waals surface area contributed by atoms with E-state index >= 15 is 0 Å². The van der Waals surface area contributed by atoms with Gasteiger partial charge in [0.15, 0.2) is 35.2 Å². The summed E-state index contributed by atoms with van der Waals surface area (Å²) in [4.78, 5) is 29.1. The van der Waals surface area contributed by atoms with Crippen molar-refractivity contribution in [2.24, 2.45) is 0 Å². The summed E-state index contributed by atoms with van der Waals surface area (Å²) in [7, 11) is 0. The Labute approximate surface area is 159 Å². The lowest BCUT2D eigenvalue weighted by molar-refractivity contribution is 0.0985. The maximum Gasteiger partial charge on any atom is 0.279 e. The van der Waals surface area contributed by atoms with Crippen molar-refractivity contribution >= 4 is 17.5 Å². The number of amides is 1. The summed E-state index contributed by atoms with van der Waals surface area (Å²) in [5, 5.41) is 10.8. The minimum absolute atomic E-state index is 0.136. The van der Waals surface area contributed by atoms with E-state index in [2.05, 4.69) is 20.5 Å². The highest BCUT2D eigenvalue weighted by Crippen LogP contribution is 2.24. The molecule has 0 aliphatic rings. The van der Waals surface area contributed by atoms with Crippen LogP contribution in [-0.4, -0.2) is 31.7 Å². The summed E-state index contributed by atoms with van der Waals surface area (Å²) in [6.07, 6.45) is 2.58. The second-order valence-corrected chi connectivity index (χ2v) is 6.07. The lowest BCUT2D eigenvalue weighted by Crippen LogP contribution is -2.14. The van der Waals surface area contributed by atoms with Crippen molar-refractivity contribution in [2.45, 2.75) is 13.8 Å². The van der Waals surface area contributed by atoms with Gasteiger partial charge in [0.25, 0.3) is 5.91 Å². The molecule has 1 N–H and O–H groups in total. The number of nitrogens with zero attached hydrogens (tertiary/aromatic N) is 4. The van der Waals surface area contributed by atoms with Crippen LogP contribution in [0.5, 0.6) is 0 Å². The number of aromatic nitrogens is 4. The number of carbonyl (C=O) groups is 2. The fraction of sp³-hybridized carbons (Fsp3) is 0.105. The zero-order chi connectivity index (χ0) is 19.7. The number of hydrogen-bond donors (Lipinski definition) is 1. The van der Waals surface area contributed by atoms with E-state index in [9.17, 15) is 9.59 Å². The Kier molecular flexibility index (Phi) is 4.32. The molecular weight excluding hydrogens is 362 g/mol. The molecule has 0 aliphatic heterocycles. The first-order valence-electron chi connectivity index (χ1n) is 8.36. The van der Waals surface area contributed by atoms with Crippen LogP contribution in [-0.2, 0) is 0 Å². The van der Waals surface area contributed by atoms with Gasteiger partial charge in [0.05, 0.1) is 6.20 Å². The molecular formula is C19H15N5O4. The third-order valence-electron chi connectivity index (χ3n) is 3.93. The Hall–Kier alpha value is -4.01. The molecule has 9 heteroatoms. The largest absolute Gasteiger partial charge is 0.443 e. The normalized spacial score (nSPS) is 10.8. The molecule has 0 fully saturated rings. The smallest absolute Gasteiger partial charge is 0.279 e. The molecule has 3 aromatic heterocycles. The standard InChI is InChI=1S/C19H15N5O4/c1-11-4-3-5-13(8-11)18-17(20-10-27-18)19(26)22-15-9-21-24(23-15)16-7-6-14(28-16)12(2)25/h3-10H,1-2H3,(H,22,23,26). The minimum Gasteiger partial charge on any atom is -0.443 e. The van der Waals surface area contributed by atoms with Crippen molar-refractivity contribution in [3.8, 4) is 17.2 Å². The third-order valence-corrected chi connectivity index (χ3v) is 3.93. The first-order chi connectivity index (χ1) is 13.5. The molecule has 1 aromatic carbocycles. The highest BCUT2D eigenvalue weighted by atomic mass is 16.4. The molecule has 0 aliphatic carbocycles. The first kappa shape index (κ1) is 17.4. The number of carbonyl (C=O) groups excluding carboxylic acids is 2. The summed E-state index contributed by atoms with van der Waals surface area (Å²) in [6.45, 7) is 3.35. The van der Waals surface area contributed by atoms with Crippen LogP contribution in [0.25, 0.3) is 17.2 Å². The van der Waals surface area contributed by atoms with Crippen molar-refractivity contribution in [3.05, 3.63) is 66.0 Å². The molecule has 4 rings (SSSR count). The average Bonchev–Trinajstić information content (AvgIpc) is 3.41. The molecule has 3 heterocycles. The van der Waals surface area contributed by atoms with Crippen molar-refractivity contribution in [3.63, 3.8) is 0 Å². The Bertz CT molecular complexity index is 1170. The molecule has 9 nitrogen and oxygen atoms in total. The molecule has 0 saturated carbocycles. The van der Waals surface area contributed by atoms with Gasteiger partial charge in [-0.2, -0.15) is 5.10 Å². The lowest BCUT2D eigenvalue weighted by Gasteiger charge is -2.02. The van der Waals surface area contributed by atoms with Crippen LogP contribution in [0.15, 0.2) is 57.8 Å². The first-order valence-corrected chi connectivity index (χ1v) is 8.36. The second kappa shape index (κ2) is 6.95. The number of benzene rings is 1. The summed E-state index contributed by atoms with van der Waals surface area (Å²) in [5.41, 5.74) is 1.92. The van der Waals surface area contributed by atoms with Gasteiger partial charge in [0.1, 0.15) is 0 Å². The van der Waals surface area contributed by atoms with Crippen molar-refractivity contribution in [1.82, 2.24) is 20.0 Å². The van der Waals surface area contributed by atoms with Gasteiger partial charge in [-0.3, -0.25) is 9.59 Å². The van der Waals surface area contributed by atoms with Crippen LogP contribution in [0.1, 0.15) is 33.5 Å². The lowest BCUT2D eigenvalue weighted by atomic mass is 10.1. The van der Waals surface area contributed by atoms with E-state index in [1.807, 2.05) is 31.2 Å². The number of rotatable bonds is 5. The van der Waals surface area contributed by atoms with Gasteiger partial charge in [-0.15, -0.1) is 9.90 Å². The molecule has 0 atom stereocenters. The number of hydrogen-bond acceptors (Lipinski definition) is 7. The highest BCUT2D eigenvalue weighted by Gasteiger charge is 2.20. The molecule has 0 radical (unpaired) electrons. The number of furan rings is 1. The highest BCUT2D eigenvalue weighted by molar-refractivity contribution is 6.05. The topological polar surface area (TPSA) is 116 Å². The van der Waals surface area contributed by atoms with Crippen LogP contribution in [0.4, 0.5) is 5.82 Å². The Morgan fingerprint density at radius 1 is 1.18 bits per heavy atom. The summed E-state index contributed by atoms with van der Waals surface area (Å²) in [6, 6.07) is 10.7. The summed E-state index contributed by atoms with van der Waals surface area (Å²) >= 11 is 0. The maximum atomic E-state index is 12.6. The van der Waals surface area contributed by atoms with E-state index in [0.717, 1.165) is 11.1 Å². The number of Topliss-reactive ketones (excluding diaryl/α,β-unsaturated/α-hetero) is 1. The molecule has 1 amide bonds. The average molecular weight is 377 g/mol. The van der Waals surface area contributed by atoms with Gasteiger partial charge in [0.2, 0.25) is 5.88 Å². The molecule has 0 spiro atoms. The number of oxazole rings is 1. The molecule has 0 saturated heterocycles. The number of ketones is 1. The van der Waals surface area contributed by atoms with Crippen LogP contribution in [0.3, 0.4) is 0 Å². The SMILES string of the molecule is CC(=O)c1ccc(-n2ncc(NC(=O)c3ncoc3-c3cccc(C)c3)n2)o1. The van der Waals surface area contributed by atoms with Gasteiger partial charge < -0.3 is 14.2 Å². The van der Waals surface area contributed by atoms with Crippen molar-refractivity contribution in [1.29, 1.82) is 0 Å². The fourth-order valence-corrected chi connectivity index (χ4v) is 2.63. The van der Waals surface area contributed by atoms with Gasteiger partial charge in [0, 0.05) is 18.6 Å². The zero-order valence-corrected chi connectivity index (χ0v) is 15.0. The molecule has 140 valence electrons. The Morgan fingerprint density at radius 3 is 2.79 bits per heavy atom. The van der Waals surface area contributed by atoms with Gasteiger partial charge in [-0.05, 0) is 19.1 Å². The number of anilines is 1. The summed E-state index contributed by atoms with van der Waals surface area (Å²) in [5.74, 6) is 0.327. The van der Waals surface area contributed by atoms with Crippen LogP contribution in [0, 0.1) is 6.92 Å². The van der Waals surface area contributed by atoms with E-state index in [4.69, 9.17) is 8.83 Å². The Morgan fingerprint density at radius 2 is 2.04 bits per heavy atom. The van der Waals surface area contributed by atoms with Crippen molar-refractivity contribution in [2.75, 3.05) is 5.32 Å². The van der Waals surface area contributed by atoms with Crippen LogP contribution >= 0.6 is 0 Å². The number of aryl methyl sites for hydroxylation is 1. The van der Waals surface area contributed by atoms with E-state index in [0.29, 0.717) is 5.76 Å². The zero-order valence-electron chi connectivity index (χ0n) is 15.0. The fourth-order valence-electron chi connectivity index (χ4n) is 2.63. The predicted molar refractivity (Wildman–Crippen MR) is 98.3 cm³/mol. The van der Waals surface area contributed by atoms with E-state index < -0.39 is 5.91 Å². The quantitative estimate of drug-likeness (QED) is 0.531. The van der Waals surface area contributed by atoms with E-state index in [1.165, 1.54) is 30.4 Å². The van der Waals surface area contributed by atoms with E-state index in [-0.39, 0.29) is 28.9 Å². The minimum atomic E-state index is -0.485. The predicted octanol–water partition coefficient (Wildman–Crippen LogP) is 3.28. The van der Waals surface area contributed by atoms with Gasteiger partial charge >= 0.3 is 0 Å². The van der Waals surface area contributed by atoms with Gasteiger partial charge in [-0.1, -0.05) is 23.8 Å². The van der Waals surface area contributed by atoms with E-state index in [1.54, 1.807) is 6.07 Å². The summed E-state index contributed by atoms with van der Waals surface area (Å²) < 4.78 is 10.8. The monoisotopic (exact) mass is 377 g/mol. The molecule has 0 unspecified atom stereocenters. The molecule has 4 aromatic rings. The molecule has 0 bridgehead atoms. The maximum absolute atomic E-state index is 12.6. The van der Waals surface area contributed by atoms with Gasteiger partial charge in [-0.25, -0.2) is 4.98 Å². The number of nitrogens with one attached hydrogen (secondary N) is 1. The van der Waals surface area contributed by atoms with Crippen LogP contribution in [0.2, 0.25) is 0 Å². The second-order valence-electron chi connectivity index (χ2n) is 6.07. The van der Waals surface area contributed by atoms with Crippen molar-refractivity contribution < 1.29 is 18.4 Å². The molecule has 28 heavy (non-hydrogen) atoms. The van der Waals surface area contributed by atoms with Crippen LogP contribution < -0.4 is 5.32 Å².